The third-order valence-corrected chi connectivity index (χ3v) is 9.83. The summed E-state index contributed by atoms with van der Waals surface area (Å²) in [6, 6.07) is 58.4. The maximum atomic E-state index is 2.53. The van der Waals surface area contributed by atoms with Crippen LogP contribution in [0.5, 0.6) is 0 Å². The quantitative estimate of drug-likeness (QED) is 0.186. The van der Waals surface area contributed by atoms with Crippen molar-refractivity contribution in [2.45, 2.75) is 5.92 Å². The standard InChI is InChI=1S/C43H27N/c1-2-13-28(14-3-1)40-34-19-9-7-18-33(34)38-26-29(23-24-36(38)40)44-39-25-22-27-12-4-5-15-30(27)41(39)42-35-20-10-6-16-31(35)32-17-8-11-21-37(32)43(42)44/h1-26,40H. The highest BCUT2D eigenvalue weighted by Gasteiger charge is 2.30. The Morgan fingerprint density at radius 2 is 1.05 bits per heavy atom. The van der Waals surface area contributed by atoms with E-state index in [9.17, 15) is 0 Å². The molecule has 0 saturated heterocycles. The number of nitrogens with zero attached hydrogens (tertiary/aromatic N) is 1. The van der Waals surface area contributed by atoms with Crippen LogP contribution >= 0.6 is 0 Å². The summed E-state index contributed by atoms with van der Waals surface area (Å²) in [7, 11) is 0. The van der Waals surface area contributed by atoms with Gasteiger partial charge in [0.1, 0.15) is 0 Å². The molecule has 1 heterocycles. The van der Waals surface area contributed by atoms with Gasteiger partial charge in [0.15, 0.2) is 0 Å². The van der Waals surface area contributed by atoms with E-state index in [4.69, 9.17) is 0 Å². The molecule has 9 aromatic rings. The van der Waals surface area contributed by atoms with Gasteiger partial charge in [0.25, 0.3) is 0 Å². The van der Waals surface area contributed by atoms with E-state index in [0.29, 0.717) is 0 Å². The topological polar surface area (TPSA) is 4.93 Å². The van der Waals surface area contributed by atoms with Crippen LogP contribution in [0.3, 0.4) is 0 Å². The zero-order valence-corrected chi connectivity index (χ0v) is 24.0. The number of benzene rings is 8. The second kappa shape index (κ2) is 8.92. The van der Waals surface area contributed by atoms with Crippen LogP contribution in [0.15, 0.2) is 158 Å². The maximum absolute atomic E-state index is 2.53. The van der Waals surface area contributed by atoms with Crippen LogP contribution in [0.25, 0.3) is 70.9 Å². The molecule has 0 radical (unpaired) electrons. The Morgan fingerprint density at radius 1 is 0.409 bits per heavy atom. The number of hydrogen-bond donors (Lipinski definition) is 0. The van der Waals surface area contributed by atoms with Gasteiger partial charge in [-0.05, 0) is 72.9 Å². The lowest BCUT2D eigenvalue weighted by atomic mass is 9.89. The van der Waals surface area contributed by atoms with Crippen LogP contribution in [0.1, 0.15) is 22.6 Å². The lowest BCUT2D eigenvalue weighted by molar-refractivity contribution is 1.01. The van der Waals surface area contributed by atoms with Crippen molar-refractivity contribution < 1.29 is 0 Å². The van der Waals surface area contributed by atoms with Gasteiger partial charge in [-0.2, -0.15) is 0 Å². The Kier molecular flexibility index (Phi) is 4.84. The average Bonchev–Trinajstić information content (AvgIpc) is 3.62. The molecule has 0 spiro atoms. The molecule has 1 aliphatic rings. The molecule has 1 aromatic heterocycles. The van der Waals surface area contributed by atoms with Crippen LogP contribution in [0.4, 0.5) is 0 Å². The largest absolute Gasteiger partial charge is 0.309 e. The molecule has 0 bridgehead atoms. The third kappa shape index (κ3) is 3.13. The first-order valence-electron chi connectivity index (χ1n) is 15.4. The lowest BCUT2D eigenvalue weighted by Crippen LogP contribution is -2.00. The minimum Gasteiger partial charge on any atom is -0.309 e. The Hall–Kier alpha value is -5.66. The molecule has 0 saturated carbocycles. The van der Waals surface area contributed by atoms with Gasteiger partial charge in [-0.3, -0.25) is 0 Å². The van der Waals surface area contributed by atoms with Crippen LogP contribution < -0.4 is 0 Å². The zero-order valence-electron chi connectivity index (χ0n) is 24.0. The van der Waals surface area contributed by atoms with E-state index >= 15 is 0 Å². The summed E-state index contributed by atoms with van der Waals surface area (Å²) in [6.45, 7) is 0. The van der Waals surface area contributed by atoms with Crippen LogP contribution in [0, 0.1) is 0 Å². The van der Waals surface area contributed by atoms with E-state index in [0.717, 1.165) is 0 Å². The highest BCUT2D eigenvalue weighted by atomic mass is 15.0. The number of aromatic nitrogens is 1. The smallest absolute Gasteiger partial charge is 0.0626 e. The number of fused-ring (bicyclic) bond motifs is 13. The van der Waals surface area contributed by atoms with E-state index < -0.39 is 0 Å². The Labute approximate surface area is 255 Å². The highest BCUT2D eigenvalue weighted by molar-refractivity contribution is 6.35. The van der Waals surface area contributed by atoms with Gasteiger partial charge in [0, 0.05) is 27.8 Å². The van der Waals surface area contributed by atoms with Gasteiger partial charge >= 0.3 is 0 Å². The van der Waals surface area contributed by atoms with Crippen molar-refractivity contribution in [1.82, 2.24) is 4.57 Å². The SMILES string of the molecule is c1ccc(C2c3ccccc3-c3cc(-n4c5ccc6ccccc6c5c5c6ccccc6c6ccccc6c54)ccc32)cc1. The third-order valence-electron chi connectivity index (χ3n) is 9.83. The van der Waals surface area contributed by atoms with Gasteiger partial charge in [-0.15, -0.1) is 0 Å². The molecule has 1 heteroatoms. The van der Waals surface area contributed by atoms with Gasteiger partial charge in [0.2, 0.25) is 0 Å². The van der Waals surface area contributed by atoms with Crippen molar-refractivity contribution in [3.05, 3.63) is 174 Å². The Bertz CT molecular complexity index is 2600. The van der Waals surface area contributed by atoms with E-state index in [1.54, 1.807) is 0 Å². The predicted octanol–water partition coefficient (Wildman–Crippen LogP) is 11.4. The van der Waals surface area contributed by atoms with E-state index in [1.807, 2.05) is 0 Å². The minimum absolute atomic E-state index is 0.239. The Morgan fingerprint density at radius 3 is 1.89 bits per heavy atom. The Balaban J connectivity index is 1.37. The number of rotatable bonds is 2. The zero-order chi connectivity index (χ0) is 28.8. The normalized spacial score (nSPS) is 14.1. The summed E-state index contributed by atoms with van der Waals surface area (Å²) >= 11 is 0. The first-order valence-corrected chi connectivity index (χ1v) is 15.4. The van der Waals surface area contributed by atoms with E-state index in [-0.39, 0.29) is 5.92 Å². The molecule has 1 atom stereocenters. The molecule has 0 fully saturated rings. The molecule has 0 N–H and O–H groups in total. The molecule has 1 nitrogen and oxygen atoms in total. The van der Waals surface area contributed by atoms with Crippen LogP contribution in [0.2, 0.25) is 0 Å². The second-order valence-corrected chi connectivity index (χ2v) is 12.0. The summed E-state index contributed by atoms with van der Waals surface area (Å²) in [6.07, 6.45) is 0. The van der Waals surface area contributed by atoms with Gasteiger partial charge in [0.05, 0.1) is 11.0 Å². The molecular weight excluding hydrogens is 530 g/mol. The van der Waals surface area contributed by atoms with Gasteiger partial charge in [-0.1, -0.05) is 140 Å². The molecule has 0 aliphatic heterocycles. The predicted molar refractivity (Wildman–Crippen MR) is 186 cm³/mol. The summed E-state index contributed by atoms with van der Waals surface area (Å²) in [5, 5.41) is 10.4. The monoisotopic (exact) mass is 557 g/mol. The van der Waals surface area contributed by atoms with E-state index in [2.05, 4.69) is 162 Å². The lowest BCUT2D eigenvalue weighted by Gasteiger charge is -2.16. The van der Waals surface area contributed by atoms with Crippen molar-refractivity contribution in [2.24, 2.45) is 0 Å². The van der Waals surface area contributed by atoms with Gasteiger partial charge < -0.3 is 4.57 Å². The van der Waals surface area contributed by atoms with Crippen LogP contribution in [-0.4, -0.2) is 4.57 Å². The minimum atomic E-state index is 0.239. The summed E-state index contributed by atoms with van der Waals surface area (Å²) < 4.78 is 2.53. The summed E-state index contributed by atoms with van der Waals surface area (Å²) in [5.74, 6) is 0.239. The fraction of sp³-hybridized carbons (Fsp3) is 0.0233. The van der Waals surface area contributed by atoms with E-state index in [1.165, 1.54) is 87.6 Å². The van der Waals surface area contributed by atoms with Gasteiger partial charge in [-0.25, -0.2) is 0 Å². The molecule has 8 aromatic carbocycles. The fourth-order valence-corrected chi connectivity index (χ4v) is 8.04. The fourth-order valence-electron chi connectivity index (χ4n) is 8.04. The van der Waals surface area contributed by atoms with Crippen molar-refractivity contribution >= 4 is 54.1 Å². The molecular formula is C43H27N. The molecule has 44 heavy (non-hydrogen) atoms. The van der Waals surface area contributed by atoms with Crippen molar-refractivity contribution in [2.75, 3.05) is 0 Å². The van der Waals surface area contributed by atoms with Crippen LogP contribution in [-0.2, 0) is 0 Å². The molecule has 10 rings (SSSR count). The average molecular weight is 558 g/mol. The molecule has 1 unspecified atom stereocenters. The maximum Gasteiger partial charge on any atom is 0.0626 e. The highest BCUT2D eigenvalue weighted by Crippen LogP contribution is 2.50. The number of hydrogen-bond acceptors (Lipinski definition) is 0. The molecule has 0 amide bonds. The summed E-state index contributed by atoms with van der Waals surface area (Å²) in [5.41, 5.74) is 10.5. The first-order chi connectivity index (χ1) is 21.9. The molecule has 204 valence electrons. The first kappa shape index (κ1) is 23.9. The van der Waals surface area contributed by atoms with Crippen molar-refractivity contribution in [3.8, 4) is 16.8 Å². The molecule has 1 aliphatic carbocycles. The summed E-state index contributed by atoms with van der Waals surface area (Å²) in [4.78, 5) is 0. The second-order valence-electron chi connectivity index (χ2n) is 12.0. The van der Waals surface area contributed by atoms with Crippen molar-refractivity contribution in [3.63, 3.8) is 0 Å². The van der Waals surface area contributed by atoms with Crippen molar-refractivity contribution in [1.29, 1.82) is 0 Å².